The lowest BCUT2D eigenvalue weighted by Crippen LogP contribution is -2.45. The summed E-state index contributed by atoms with van der Waals surface area (Å²) in [6.45, 7) is 9.31. The number of nitrogens with two attached hydrogens (primary N) is 1. The van der Waals surface area contributed by atoms with Crippen molar-refractivity contribution in [2.45, 2.75) is 71.8 Å². The van der Waals surface area contributed by atoms with Gasteiger partial charge in [0.25, 0.3) is 0 Å². The Morgan fingerprint density at radius 1 is 1.20 bits per heavy atom. The Kier molecular flexibility index (Phi) is 4.64. The lowest BCUT2D eigenvalue weighted by Gasteiger charge is -2.40. The van der Waals surface area contributed by atoms with E-state index in [0.717, 1.165) is 17.8 Å². The summed E-state index contributed by atoms with van der Waals surface area (Å²) in [5.74, 6) is 2.57. The van der Waals surface area contributed by atoms with E-state index in [0.29, 0.717) is 0 Å². The predicted molar refractivity (Wildman–Crippen MR) is 67.8 cm³/mol. The predicted octanol–water partition coefficient (Wildman–Crippen LogP) is 3.97. The third-order valence-electron chi connectivity index (χ3n) is 4.42. The first kappa shape index (κ1) is 13.0. The minimum absolute atomic E-state index is 0.167. The van der Waals surface area contributed by atoms with Crippen LogP contribution in [-0.4, -0.2) is 5.54 Å². The van der Waals surface area contributed by atoms with Crippen molar-refractivity contribution >= 4 is 0 Å². The molecule has 0 aromatic carbocycles. The van der Waals surface area contributed by atoms with E-state index in [2.05, 4.69) is 27.7 Å². The molecule has 0 saturated heterocycles. The van der Waals surface area contributed by atoms with Crippen LogP contribution in [-0.2, 0) is 0 Å². The maximum absolute atomic E-state index is 6.50. The van der Waals surface area contributed by atoms with Gasteiger partial charge in [0.1, 0.15) is 0 Å². The highest BCUT2D eigenvalue weighted by atomic mass is 14.7. The second kappa shape index (κ2) is 5.34. The van der Waals surface area contributed by atoms with Gasteiger partial charge in [-0.15, -0.1) is 0 Å². The second-order valence-corrected chi connectivity index (χ2v) is 6.16. The molecule has 0 bridgehead atoms. The molecule has 1 nitrogen and oxygen atoms in total. The van der Waals surface area contributed by atoms with Crippen molar-refractivity contribution in [3.05, 3.63) is 0 Å². The van der Waals surface area contributed by atoms with Gasteiger partial charge in [0.05, 0.1) is 0 Å². The zero-order valence-corrected chi connectivity index (χ0v) is 11.1. The molecule has 0 aliphatic heterocycles. The van der Waals surface area contributed by atoms with E-state index < -0.39 is 0 Å². The SMILES string of the molecule is CCC(C)CC1(N)CCC(C(C)C)CC1. The van der Waals surface area contributed by atoms with E-state index in [9.17, 15) is 0 Å². The summed E-state index contributed by atoms with van der Waals surface area (Å²) in [5.41, 5.74) is 6.67. The topological polar surface area (TPSA) is 26.0 Å². The summed E-state index contributed by atoms with van der Waals surface area (Å²) in [4.78, 5) is 0. The van der Waals surface area contributed by atoms with Gasteiger partial charge in [-0.05, 0) is 49.9 Å². The third-order valence-corrected chi connectivity index (χ3v) is 4.42. The zero-order chi connectivity index (χ0) is 11.5. The molecule has 1 unspecified atom stereocenters. The molecule has 1 aliphatic carbocycles. The van der Waals surface area contributed by atoms with Crippen LogP contribution in [0.25, 0.3) is 0 Å². The molecule has 0 amide bonds. The van der Waals surface area contributed by atoms with Gasteiger partial charge >= 0.3 is 0 Å². The quantitative estimate of drug-likeness (QED) is 0.748. The van der Waals surface area contributed by atoms with Crippen molar-refractivity contribution < 1.29 is 0 Å². The molecule has 1 rings (SSSR count). The Morgan fingerprint density at radius 2 is 1.73 bits per heavy atom. The van der Waals surface area contributed by atoms with Crippen LogP contribution in [0.5, 0.6) is 0 Å². The molecule has 2 N–H and O–H groups in total. The minimum atomic E-state index is 0.167. The average Bonchev–Trinajstić information content (AvgIpc) is 2.17. The van der Waals surface area contributed by atoms with Crippen LogP contribution in [0.15, 0.2) is 0 Å². The smallest absolute Gasteiger partial charge is 0.0157 e. The summed E-state index contributed by atoms with van der Waals surface area (Å²) in [6, 6.07) is 0. The summed E-state index contributed by atoms with van der Waals surface area (Å²) < 4.78 is 0. The van der Waals surface area contributed by atoms with Gasteiger partial charge in [-0.2, -0.15) is 0 Å². The summed E-state index contributed by atoms with van der Waals surface area (Å²) in [7, 11) is 0. The fourth-order valence-electron chi connectivity index (χ4n) is 2.92. The Labute approximate surface area is 95.8 Å². The maximum Gasteiger partial charge on any atom is 0.0157 e. The number of hydrogen-bond acceptors (Lipinski definition) is 1. The van der Waals surface area contributed by atoms with Gasteiger partial charge in [0, 0.05) is 5.54 Å². The molecular formula is C14H29N. The van der Waals surface area contributed by atoms with E-state index >= 15 is 0 Å². The van der Waals surface area contributed by atoms with E-state index in [1.165, 1.54) is 38.5 Å². The molecule has 1 fully saturated rings. The van der Waals surface area contributed by atoms with Gasteiger partial charge in [0.2, 0.25) is 0 Å². The Balaban J connectivity index is 2.40. The molecule has 90 valence electrons. The average molecular weight is 211 g/mol. The molecule has 0 radical (unpaired) electrons. The highest BCUT2D eigenvalue weighted by molar-refractivity contribution is 4.91. The first-order valence-corrected chi connectivity index (χ1v) is 6.75. The minimum Gasteiger partial charge on any atom is -0.325 e. The standard InChI is InChI=1S/C14H29N/c1-5-12(4)10-14(15)8-6-13(7-9-14)11(2)3/h11-13H,5-10,15H2,1-4H3. The van der Waals surface area contributed by atoms with Crippen LogP contribution >= 0.6 is 0 Å². The maximum atomic E-state index is 6.50. The highest BCUT2D eigenvalue weighted by Crippen LogP contribution is 2.37. The largest absolute Gasteiger partial charge is 0.325 e. The van der Waals surface area contributed by atoms with Gasteiger partial charge in [-0.3, -0.25) is 0 Å². The highest BCUT2D eigenvalue weighted by Gasteiger charge is 2.33. The summed E-state index contributed by atoms with van der Waals surface area (Å²) in [5, 5.41) is 0. The first-order valence-electron chi connectivity index (χ1n) is 6.75. The van der Waals surface area contributed by atoms with Gasteiger partial charge in [-0.1, -0.05) is 34.1 Å². The summed E-state index contributed by atoms with van der Waals surface area (Å²) >= 11 is 0. The van der Waals surface area contributed by atoms with Crippen LogP contribution in [0.3, 0.4) is 0 Å². The fourth-order valence-corrected chi connectivity index (χ4v) is 2.92. The molecule has 1 atom stereocenters. The molecule has 1 heteroatoms. The van der Waals surface area contributed by atoms with Crippen molar-refractivity contribution in [2.75, 3.05) is 0 Å². The Hall–Kier alpha value is -0.0400. The Morgan fingerprint density at radius 3 is 2.13 bits per heavy atom. The normalized spacial score (nSPS) is 34.4. The summed E-state index contributed by atoms with van der Waals surface area (Å²) in [6.07, 6.45) is 7.70. The second-order valence-electron chi connectivity index (χ2n) is 6.16. The lowest BCUT2D eigenvalue weighted by molar-refractivity contribution is 0.170. The van der Waals surface area contributed by atoms with Crippen LogP contribution in [0.4, 0.5) is 0 Å². The molecule has 15 heavy (non-hydrogen) atoms. The van der Waals surface area contributed by atoms with Crippen LogP contribution in [0.2, 0.25) is 0 Å². The Bertz CT molecular complexity index is 178. The van der Waals surface area contributed by atoms with E-state index in [1.807, 2.05) is 0 Å². The van der Waals surface area contributed by atoms with Gasteiger partial charge in [-0.25, -0.2) is 0 Å². The molecule has 0 aromatic rings. The van der Waals surface area contributed by atoms with E-state index in [-0.39, 0.29) is 5.54 Å². The van der Waals surface area contributed by atoms with Crippen molar-refractivity contribution in [3.8, 4) is 0 Å². The zero-order valence-electron chi connectivity index (χ0n) is 11.1. The lowest BCUT2D eigenvalue weighted by atomic mass is 9.70. The van der Waals surface area contributed by atoms with Crippen molar-refractivity contribution in [2.24, 2.45) is 23.5 Å². The van der Waals surface area contributed by atoms with Crippen molar-refractivity contribution in [1.29, 1.82) is 0 Å². The van der Waals surface area contributed by atoms with Crippen LogP contribution in [0, 0.1) is 17.8 Å². The van der Waals surface area contributed by atoms with E-state index in [4.69, 9.17) is 5.73 Å². The molecule has 0 aromatic heterocycles. The molecule has 1 aliphatic rings. The molecule has 1 saturated carbocycles. The monoisotopic (exact) mass is 211 g/mol. The number of rotatable bonds is 4. The van der Waals surface area contributed by atoms with E-state index in [1.54, 1.807) is 0 Å². The van der Waals surface area contributed by atoms with Crippen molar-refractivity contribution in [1.82, 2.24) is 0 Å². The fraction of sp³-hybridized carbons (Fsp3) is 1.00. The molecular weight excluding hydrogens is 182 g/mol. The van der Waals surface area contributed by atoms with Gasteiger partial charge in [0.15, 0.2) is 0 Å². The van der Waals surface area contributed by atoms with Crippen LogP contribution < -0.4 is 5.73 Å². The van der Waals surface area contributed by atoms with Crippen LogP contribution in [0.1, 0.15) is 66.2 Å². The molecule has 0 spiro atoms. The van der Waals surface area contributed by atoms with Gasteiger partial charge < -0.3 is 5.73 Å². The first-order chi connectivity index (χ1) is 6.97. The van der Waals surface area contributed by atoms with Crippen molar-refractivity contribution in [3.63, 3.8) is 0 Å². The third kappa shape index (κ3) is 3.79. The number of hydrogen-bond donors (Lipinski definition) is 1. The molecule has 0 heterocycles.